The zero-order valence-corrected chi connectivity index (χ0v) is 9.79. The first-order chi connectivity index (χ1) is 8.52. The fraction of sp³-hybridized carbons (Fsp3) is 0.364. The fourth-order valence-electron chi connectivity index (χ4n) is 1.19. The Labute approximate surface area is 103 Å². The predicted molar refractivity (Wildman–Crippen MR) is 62.0 cm³/mol. The Kier molecular flexibility index (Phi) is 4.91. The highest BCUT2D eigenvalue weighted by molar-refractivity contribution is 5.68. The highest BCUT2D eigenvalue weighted by Crippen LogP contribution is 2.27. The van der Waals surface area contributed by atoms with Crippen molar-refractivity contribution in [1.29, 1.82) is 0 Å². The molecule has 18 heavy (non-hydrogen) atoms. The summed E-state index contributed by atoms with van der Waals surface area (Å²) >= 11 is 0. The molecule has 0 aliphatic carbocycles. The number of carbonyl (C=O) groups is 1. The Morgan fingerprint density at radius 1 is 1.33 bits per heavy atom. The molecular weight excluding hydrogens is 242 g/mol. The van der Waals surface area contributed by atoms with Gasteiger partial charge in [0.1, 0.15) is 11.5 Å². The molecule has 0 bridgehead atoms. The molecule has 0 heterocycles. The van der Waals surface area contributed by atoms with Gasteiger partial charge < -0.3 is 14.6 Å². The van der Waals surface area contributed by atoms with Gasteiger partial charge in [0.15, 0.2) is 6.61 Å². The molecule has 1 rings (SSSR count). The van der Waals surface area contributed by atoms with Gasteiger partial charge in [-0.25, -0.2) is 4.79 Å². The van der Waals surface area contributed by atoms with Gasteiger partial charge in [0.25, 0.3) is 5.69 Å². The number of hydrogen-bond acceptors (Lipinski definition) is 5. The van der Waals surface area contributed by atoms with Gasteiger partial charge in [-0.15, -0.1) is 0 Å². The third-order valence-electron chi connectivity index (χ3n) is 1.91. The number of ether oxygens (including phenoxy) is 2. The summed E-state index contributed by atoms with van der Waals surface area (Å²) in [5, 5.41) is 19.2. The molecule has 1 aromatic carbocycles. The average Bonchev–Trinajstić information content (AvgIpc) is 2.33. The number of carboxylic acids is 1. The number of aliphatic carboxylic acids is 1. The largest absolute Gasteiger partial charge is 0.493 e. The summed E-state index contributed by atoms with van der Waals surface area (Å²) in [6.07, 6.45) is 0.758. The molecule has 7 nitrogen and oxygen atoms in total. The van der Waals surface area contributed by atoms with Crippen LogP contribution in [0.5, 0.6) is 11.5 Å². The van der Waals surface area contributed by atoms with Gasteiger partial charge in [-0.2, -0.15) is 0 Å². The molecule has 1 N–H and O–H groups in total. The van der Waals surface area contributed by atoms with Crippen molar-refractivity contribution in [3.05, 3.63) is 28.3 Å². The van der Waals surface area contributed by atoms with Crippen LogP contribution >= 0.6 is 0 Å². The van der Waals surface area contributed by atoms with E-state index < -0.39 is 17.5 Å². The molecule has 0 aromatic heterocycles. The van der Waals surface area contributed by atoms with Crippen LogP contribution in [0.2, 0.25) is 0 Å². The number of rotatable bonds is 7. The van der Waals surface area contributed by atoms with Crippen molar-refractivity contribution in [3.8, 4) is 11.5 Å². The van der Waals surface area contributed by atoms with E-state index in [9.17, 15) is 14.9 Å². The lowest BCUT2D eigenvalue weighted by Gasteiger charge is -2.07. The van der Waals surface area contributed by atoms with Crippen LogP contribution in [0.25, 0.3) is 0 Å². The van der Waals surface area contributed by atoms with Crippen molar-refractivity contribution in [2.24, 2.45) is 0 Å². The molecule has 98 valence electrons. The first-order valence-electron chi connectivity index (χ1n) is 5.29. The van der Waals surface area contributed by atoms with E-state index >= 15 is 0 Å². The minimum absolute atomic E-state index is 0.0951. The van der Waals surface area contributed by atoms with E-state index in [1.807, 2.05) is 6.92 Å². The Bertz CT molecular complexity index is 445. The summed E-state index contributed by atoms with van der Waals surface area (Å²) in [4.78, 5) is 20.5. The number of nitro groups is 1. The van der Waals surface area contributed by atoms with Crippen LogP contribution in [0, 0.1) is 10.1 Å². The highest BCUT2D eigenvalue weighted by atomic mass is 16.6. The molecule has 0 unspecified atom stereocenters. The monoisotopic (exact) mass is 255 g/mol. The van der Waals surface area contributed by atoms with Crippen LogP contribution < -0.4 is 9.47 Å². The van der Waals surface area contributed by atoms with E-state index in [1.54, 1.807) is 0 Å². The molecule has 1 aromatic rings. The lowest BCUT2D eigenvalue weighted by Crippen LogP contribution is -2.09. The molecule has 7 heteroatoms. The average molecular weight is 255 g/mol. The van der Waals surface area contributed by atoms with Crippen LogP contribution in [0.4, 0.5) is 5.69 Å². The summed E-state index contributed by atoms with van der Waals surface area (Å²) in [6, 6.07) is 3.84. The van der Waals surface area contributed by atoms with E-state index in [0.717, 1.165) is 12.5 Å². The van der Waals surface area contributed by atoms with Gasteiger partial charge in [0, 0.05) is 6.07 Å². The number of benzene rings is 1. The SMILES string of the molecule is CCCOc1cc(OCC(=O)O)cc([N+](=O)[O-])c1. The number of hydrogen-bond donors (Lipinski definition) is 1. The molecule has 0 atom stereocenters. The van der Waals surface area contributed by atoms with Crippen LogP contribution in [0.3, 0.4) is 0 Å². The van der Waals surface area contributed by atoms with E-state index in [1.165, 1.54) is 12.1 Å². The molecule has 0 spiro atoms. The minimum atomic E-state index is -1.16. The van der Waals surface area contributed by atoms with Crippen LogP contribution in [0.15, 0.2) is 18.2 Å². The predicted octanol–water partition coefficient (Wildman–Crippen LogP) is 1.85. The van der Waals surface area contributed by atoms with Crippen molar-refractivity contribution in [2.45, 2.75) is 13.3 Å². The van der Waals surface area contributed by atoms with Crippen molar-refractivity contribution < 1.29 is 24.3 Å². The van der Waals surface area contributed by atoms with Crippen molar-refractivity contribution in [2.75, 3.05) is 13.2 Å². The maximum absolute atomic E-state index is 10.7. The number of non-ortho nitro benzene ring substituents is 1. The molecule has 0 fully saturated rings. The van der Waals surface area contributed by atoms with Gasteiger partial charge >= 0.3 is 5.97 Å². The van der Waals surface area contributed by atoms with Crippen LogP contribution in [0.1, 0.15) is 13.3 Å². The normalized spacial score (nSPS) is 9.83. The van der Waals surface area contributed by atoms with Gasteiger partial charge in [-0.05, 0) is 6.42 Å². The molecule has 0 radical (unpaired) electrons. The quantitative estimate of drug-likeness (QED) is 0.589. The zero-order valence-electron chi connectivity index (χ0n) is 9.79. The van der Waals surface area contributed by atoms with Crippen LogP contribution in [-0.2, 0) is 4.79 Å². The Morgan fingerprint density at radius 2 is 1.94 bits per heavy atom. The number of carboxylic acid groups (broad SMARTS) is 1. The highest BCUT2D eigenvalue weighted by Gasteiger charge is 2.12. The van der Waals surface area contributed by atoms with Gasteiger partial charge in [-0.3, -0.25) is 10.1 Å². The van der Waals surface area contributed by atoms with Crippen molar-refractivity contribution >= 4 is 11.7 Å². The van der Waals surface area contributed by atoms with Crippen molar-refractivity contribution in [3.63, 3.8) is 0 Å². The maximum Gasteiger partial charge on any atom is 0.341 e. The molecule has 0 aliphatic heterocycles. The number of nitro benzene ring substituents is 1. The first-order valence-corrected chi connectivity index (χ1v) is 5.29. The van der Waals surface area contributed by atoms with E-state index in [0.29, 0.717) is 6.61 Å². The minimum Gasteiger partial charge on any atom is -0.493 e. The van der Waals surface area contributed by atoms with Gasteiger partial charge in [0.2, 0.25) is 0 Å². The van der Waals surface area contributed by atoms with E-state index in [-0.39, 0.29) is 17.2 Å². The zero-order chi connectivity index (χ0) is 13.5. The lowest BCUT2D eigenvalue weighted by molar-refractivity contribution is -0.385. The second kappa shape index (κ2) is 6.43. The topological polar surface area (TPSA) is 98.9 Å². The third kappa shape index (κ3) is 4.28. The Balaban J connectivity index is 2.90. The second-order valence-corrected chi connectivity index (χ2v) is 3.45. The Hall–Kier alpha value is -2.31. The third-order valence-corrected chi connectivity index (χ3v) is 1.91. The fourth-order valence-corrected chi connectivity index (χ4v) is 1.19. The second-order valence-electron chi connectivity index (χ2n) is 3.45. The lowest BCUT2D eigenvalue weighted by atomic mass is 10.3. The van der Waals surface area contributed by atoms with Crippen molar-refractivity contribution in [1.82, 2.24) is 0 Å². The molecule has 0 amide bonds. The summed E-state index contributed by atoms with van der Waals surface area (Å²) in [6.45, 7) is 1.76. The summed E-state index contributed by atoms with van der Waals surface area (Å²) in [5.74, 6) is -0.776. The summed E-state index contributed by atoms with van der Waals surface area (Å²) < 4.78 is 10.2. The van der Waals surface area contributed by atoms with Gasteiger partial charge in [0.05, 0.1) is 23.7 Å². The smallest absolute Gasteiger partial charge is 0.341 e. The van der Waals surface area contributed by atoms with E-state index in [4.69, 9.17) is 14.6 Å². The molecule has 0 saturated heterocycles. The maximum atomic E-state index is 10.7. The Morgan fingerprint density at radius 3 is 2.44 bits per heavy atom. The standard InChI is InChI=1S/C11H13NO6/c1-2-3-17-9-4-8(12(15)16)5-10(6-9)18-7-11(13)14/h4-6H,2-3,7H2,1H3,(H,13,14). The first kappa shape index (κ1) is 13.8. The molecule has 0 aliphatic rings. The number of nitrogens with zero attached hydrogens (tertiary/aromatic N) is 1. The van der Waals surface area contributed by atoms with E-state index in [2.05, 4.69) is 0 Å². The summed E-state index contributed by atoms with van der Waals surface area (Å²) in [5.41, 5.74) is -0.205. The van der Waals surface area contributed by atoms with Crippen LogP contribution in [-0.4, -0.2) is 29.2 Å². The van der Waals surface area contributed by atoms with Gasteiger partial charge in [-0.1, -0.05) is 6.92 Å². The molecule has 0 saturated carbocycles. The summed E-state index contributed by atoms with van der Waals surface area (Å²) in [7, 11) is 0. The molecular formula is C11H13NO6.